The Bertz CT molecular complexity index is 374. The van der Waals surface area contributed by atoms with Gasteiger partial charge in [-0.05, 0) is 56.2 Å². The summed E-state index contributed by atoms with van der Waals surface area (Å²) < 4.78 is 0.961. The third-order valence-corrected chi connectivity index (χ3v) is 5.97. The van der Waals surface area contributed by atoms with Crippen LogP contribution in [-0.2, 0) is 0 Å². The Labute approximate surface area is 126 Å². The predicted octanol–water partition coefficient (Wildman–Crippen LogP) is 5.58. The second-order valence-corrected chi connectivity index (χ2v) is 7.74. The molecular weight excluding hydrogens is 274 g/mol. The van der Waals surface area contributed by atoms with Gasteiger partial charge in [-0.25, -0.2) is 0 Å². The van der Waals surface area contributed by atoms with Crippen molar-refractivity contribution >= 4 is 22.9 Å². The van der Waals surface area contributed by atoms with Gasteiger partial charge in [0.2, 0.25) is 0 Å². The third-order valence-electron chi connectivity index (χ3n) is 4.33. The van der Waals surface area contributed by atoms with Crippen LogP contribution in [0.15, 0.2) is 6.07 Å². The number of hydrogen-bond donors (Lipinski definition) is 1. The van der Waals surface area contributed by atoms with Crippen LogP contribution in [0.25, 0.3) is 0 Å². The van der Waals surface area contributed by atoms with Crippen LogP contribution >= 0.6 is 22.9 Å². The first-order valence-corrected chi connectivity index (χ1v) is 8.80. The van der Waals surface area contributed by atoms with Gasteiger partial charge in [-0.15, -0.1) is 11.3 Å². The van der Waals surface area contributed by atoms with Gasteiger partial charge < -0.3 is 5.32 Å². The summed E-state index contributed by atoms with van der Waals surface area (Å²) in [6.45, 7) is 7.84. The molecule has 1 aliphatic carbocycles. The Hall–Kier alpha value is -0.0500. The van der Waals surface area contributed by atoms with Crippen molar-refractivity contribution in [1.29, 1.82) is 0 Å². The zero-order chi connectivity index (χ0) is 13.8. The molecule has 3 heteroatoms. The number of nitrogens with one attached hydrogen (secondary N) is 1. The van der Waals surface area contributed by atoms with Crippen molar-refractivity contribution in [3.63, 3.8) is 0 Å². The topological polar surface area (TPSA) is 12.0 Å². The van der Waals surface area contributed by atoms with Crippen molar-refractivity contribution < 1.29 is 0 Å². The first kappa shape index (κ1) is 15.3. The number of thiophene rings is 1. The van der Waals surface area contributed by atoms with Crippen molar-refractivity contribution in [2.45, 2.75) is 58.9 Å². The fourth-order valence-corrected chi connectivity index (χ4v) is 4.44. The fraction of sp³-hybridized carbons (Fsp3) is 0.750. The van der Waals surface area contributed by atoms with E-state index >= 15 is 0 Å². The third kappa shape index (κ3) is 3.96. The molecule has 0 radical (unpaired) electrons. The van der Waals surface area contributed by atoms with Gasteiger partial charge in [-0.1, -0.05) is 38.3 Å². The summed E-state index contributed by atoms with van der Waals surface area (Å²) in [5.74, 6) is 1.70. The van der Waals surface area contributed by atoms with E-state index in [4.69, 9.17) is 11.6 Å². The molecule has 0 amide bonds. The Morgan fingerprint density at radius 2 is 2.05 bits per heavy atom. The summed E-state index contributed by atoms with van der Waals surface area (Å²) in [5, 5.41) is 3.76. The second-order valence-electron chi connectivity index (χ2n) is 6.06. The molecule has 1 aromatic heterocycles. The maximum atomic E-state index is 6.26. The summed E-state index contributed by atoms with van der Waals surface area (Å²) in [5.41, 5.74) is 1.23. The molecule has 1 heterocycles. The summed E-state index contributed by atoms with van der Waals surface area (Å²) >= 11 is 8.03. The zero-order valence-electron chi connectivity index (χ0n) is 12.3. The van der Waals surface area contributed by atoms with E-state index < -0.39 is 0 Å². The highest BCUT2D eigenvalue weighted by Gasteiger charge is 2.28. The minimum absolute atomic E-state index is 0.517. The lowest BCUT2D eigenvalue weighted by atomic mass is 9.79. The van der Waals surface area contributed by atoms with Gasteiger partial charge in [0.15, 0.2) is 0 Å². The van der Waals surface area contributed by atoms with E-state index in [2.05, 4.69) is 32.2 Å². The summed E-state index contributed by atoms with van der Waals surface area (Å²) in [4.78, 5) is 1.44. The Morgan fingerprint density at radius 3 is 2.58 bits per heavy atom. The van der Waals surface area contributed by atoms with E-state index in [9.17, 15) is 0 Å². The molecule has 0 aromatic carbocycles. The number of aryl methyl sites for hydroxylation is 1. The van der Waals surface area contributed by atoms with Gasteiger partial charge in [0.25, 0.3) is 0 Å². The van der Waals surface area contributed by atoms with E-state index in [1.54, 1.807) is 11.3 Å². The van der Waals surface area contributed by atoms with E-state index in [1.165, 1.54) is 42.5 Å². The van der Waals surface area contributed by atoms with Crippen LogP contribution in [-0.4, -0.2) is 6.54 Å². The predicted molar refractivity (Wildman–Crippen MR) is 86.2 cm³/mol. The maximum Gasteiger partial charge on any atom is 0.0960 e. The van der Waals surface area contributed by atoms with Gasteiger partial charge in [0.05, 0.1) is 4.34 Å². The highest BCUT2D eigenvalue weighted by molar-refractivity contribution is 7.16. The summed E-state index contributed by atoms with van der Waals surface area (Å²) in [6.07, 6.45) is 6.67. The first-order valence-electron chi connectivity index (χ1n) is 7.61. The molecule has 1 fully saturated rings. The minimum Gasteiger partial charge on any atom is -0.309 e. The lowest BCUT2D eigenvalue weighted by Gasteiger charge is -2.33. The van der Waals surface area contributed by atoms with Gasteiger partial charge in [0.1, 0.15) is 0 Å². The summed E-state index contributed by atoms with van der Waals surface area (Å²) in [6, 6.07) is 2.81. The van der Waals surface area contributed by atoms with Crippen LogP contribution in [0.3, 0.4) is 0 Å². The van der Waals surface area contributed by atoms with Crippen molar-refractivity contribution in [1.82, 2.24) is 5.32 Å². The Balaban J connectivity index is 2.10. The van der Waals surface area contributed by atoms with E-state index in [0.717, 1.165) is 22.7 Å². The lowest BCUT2D eigenvalue weighted by molar-refractivity contribution is 0.233. The average molecular weight is 300 g/mol. The quantitative estimate of drug-likeness (QED) is 0.748. The molecule has 0 saturated heterocycles. The average Bonchev–Trinajstić information content (AvgIpc) is 2.72. The molecular formula is C16H26ClNS. The van der Waals surface area contributed by atoms with Crippen LogP contribution in [0.4, 0.5) is 0 Å². The van der Waals surface area contributed by atoms with Crippen LogP contribution in [0, 0.1) is 18.8 Å². The molecule has 2 rings (SSSR count). The Morgan fingerprint density at radius 1 is 1.37 bits per heavy atom. The smallest absolute Gasteiger partial charge is 0.0960 e. The zero-order valence-corrected chi connectivity index (χ0v) is 13.9. The number of rotatable bonds is 5. The first-order chi connectivity index (χ1) is 9.11. The molecule has 0 spiro atoms. The molecule has 1 saturated carbocycles. The molecule has 1 N–H and O–H groups in total. The fourth-order valence-electron chi connectivity index (χ4n) is 3.06. The van der Waals surface area contributed by atoms with Crippen LogP contribution in [0.1, 0.15) is 62.4 Å². The monoisotopic (exact) mass is 299 g/mol. The molecule has 1 nitrogen and oxygen atoms in total. The molecule has 1 aliphatic rings. The van der Waals surface area contributed by atoms with E-state index in [-0.39, 0.29) is 0 Å². The molecule has 108 valence electrons. The van der Waals surface area contributed by atoms with Gasteiger partial charge >= 0.3 is 0 Å². The molecule has 1 atom stereocenters. The van der Waals surface area contributed by atoms with E-state index in [0.29, 0.717) is 6.04 Å². The highest BCUT2D eigenvalue weighted by atomic mass is 35.5. The van der Waals surface area contributed by atoms with Crippen LogP contribution < -0.4 is 5.32 Å². The van der Waals surface area contributed by atoms with Crippen molar-refractivity contribution in [3.05, 3.63) is 20.8 Å². The van der Waals surface area contributed by atoms with Crippen molar-refractivity contribution in [2.75, 3.05) is 6.54 Å². The Kier molecular flexibility index (Phi) is 5.73. The van der Waals surface area contributed by atoms with Crippen molar-refractivity contribution in [2.24, 2.45) is 11.8 Å². The normalized spacial score (nSPS) is 25.5. The number of hydrogen-bond acceptors (Lipinski definition) is 2. The highest BCUT2D eigenvalue weighted by Crippen LogP contribution is 2.40. The van der Waals surface area contributed by atoms with Gasteiger partial charge in [-0.2, -0.15) is 0 Å². The maximum absolute atomic E-state index is 6.26. The van der Waals surface area contributed by atoms with Gasteiger partial charge in [0, 0.05) is 10.9 Å². The van der Waals surface area contributed by atoms with Crippen LogP contribution in [0.5, 0.6) is 0 Å². The van der Waals surface area contributed by atoms with Crippen LogP contribution in [0.2, 0.25) is 4.34 Å². The van der Waals surface area contributed by atoms with Crippen molar-refractivity contribution in [3.8, 4) is 0 Å². The molecule has 0 bridgehead atoms. The molecule has 19 heavy (non-hydrogen) atoms. The molecule has 1 unspecified atom stereocenters. The minimum atomic E-state index is 0.517. The second kappa shape index (κ2) is 7.10. The number of halogens is 1. The lowest BCUT2D eigenvalue weighted by Crippen LogP contribution is -2.30. The largest absolute Gasteiger partial charge is 0.309 e. The standard InChI is InChI=1S/C16H26ClNS/c1-4-9-18-15(13-7-5-11(2)6-8-13)14-10-12(3)16(17)19-14/h10-11,13,15,18H,4-9H2,1-3H3. The SMILES string of the molecule is CCCNC(c1cc(C)c(Cl)s1)C1CCC(C)CC1. The van der Waals surface area contributed by atoms with E-state index in [1.807, 2.05) is 0 Å². The van der Waals surface area contributed by atoms with Gasteiger partial charge in [-0.3, -0.25) is 0 Å². The molecule has 1 aromatic rings. The summed E-state index contributed by atoms with van der Waals surface area (Å²) in [7, 11) is 0. The molecule has 0 aliphatic heterocycles.